The van der Waals surface area contributed by atoms with Crippen molar-refractivity contribution >= 4 is 23.4 Å². The Labute approximate surface area is 181 Å². The molecular weight excluding hydrogens is 379 g/mol. The van der Waals surface area contributed by atoms with Crippen LogP contribution in [0.25, 0.3) is 55.3 Å². The van der Waals surface area contributed by atoms with Gasteiger partial charge in [-0.25, -0.2) is 0 Å². The van der Waals surface area contributed by atoms with Crippen LogP contribution in [0.15, 0.2) is 103 Å². The molecule has 31 heavy (non-hydrogen) atoms. The number of benzene rings is 5. The molecule has 2 nitrogen and oxygen atoms in total. The monoisotopic (exact) mass is 398 g/mol. The van der Waals surface area contributed by atoms with Gasteiger partial charge in [0.25, 0.3) is 0 Å². The third-order valence-corrected chi connectivity index (χ3v) is 6.27. The Morgan fingerprint density at radius 2 is 0.968 bits per heavy atom. The summed E-state index contributed by atoms with van der Waals surface area (Å²) < 4.78 is 0. The van der Waals surface area contributed by atoms with Crippen LogP contribution < -0.4 is 5.46 Å². The second-order valence-electron chi connectivity index (χ2n) is 7.95. The van der Waals surface area contributed by atoms with Gasteiger partial charge in [-0.1, -0.05) is 103 Å². The molecule has 1 aliphatic rings. The molecule has 0 atom stereocenters. The van der Waals surface area contributed by atoms with Crippen LogP contribution in [-0.4, -0.2) is 17.2 Å². The minimum absolute atomic E-state index is 0.538. The molecule has 0 radical (unpaired) electrons. The van der Waals surface area contributed by atoms with Crippen molar-refractivity contribution < 1.29 is 10.0 Å². The number of fused-ring (bicyclic) bond motifs is 3. The Morgan fingerprint density at radius 3 is 1.52 bits per heavy atom. The van der Waals surface area contributed by atoms with Gasteiger partial charge in [-0.05, 0) is 60.7 Å². The fourth-order valence-electron chi connectivity index (χ4n) is 4.95. The van der Waals surface area contributed by atoms with Crippen LogP contribution in [0.2, 0.25) is 0 Å². The molecular formula is C28H19BO2. The molecule has 5 aromatic rings. The number of hydrogen-bond donors (Lipinski definition) is 2. The van der Waals surface area contributed by atoms with Gasteiger partial charge in [0.2, 0.25) is 0 Å². The van der Waals surface area contributed by atoms with Gasteiger partial charge in [0, 0.05) is 0 Å². The molecule has 3 heteroatoms. The van der Waals surface area contributed by atoms with Crippen molar-refractivity contribution in [2.75, 3.05) is 0 Å². The van der Waals surface area contributed by atoms with E-state index in [1.807, 2.05) is 36.4 Å². The molecule has 0 aliphatic heterocycles. The van der Waals surface area contributed by atoms with E-state index in [9.17, 15) is 10.0 Å². The maximum Gasteiger partial charge on any atom is 0.489 e. The number of hydrogen-bond acceptors (Lipinski definition) is 2. The highest BCUT2D eigenvalue weighted by Gasteiger charge is 2.29. The summed E-state index contributed by atoms with van der Waals surface area (Å²) in [5, 5.41) is 21.9. The van der Waals surface area contributed by atoms with E-state index < -0.39 is 7.12 Å². The summed E-state index contributed by atoms with van der Waals surface area (Å²) in [5.74, 6) is 0. The minimum atomic E-state index is -1.50. The highest BCUT2D eigenvalue weighted by atomic mass is 16.4. The standard InChI is InChI=1S/C28H19BO2/c30-29(31)25-17-16-24-26-22(25)12-7-13-23(26)27-20(18-8-3-1-4-9-18)14-15-21(28(24)27)19-10-5-2-6-11-19/h1-17,30-31H. The van der Waals surface area contributed by atoms with Crippen molar-refractivity contribution in [1.29, 1.82) is 0 Å². The van der Waals surface area contributed by atoms with Crippen molar-refractivity contribution in [3.8, 4) is 44.5 Å². The normalized spacial score (nSPS) is 11.5. The summed E-state index contributed by atoms with van der Waals surface area (Å²) in [6.45, 7) is 0. The molecule has 0 bridgehead atoms. The quantitative estimate of drug-likeness (QED) is 0.387. The average Bonchev–Trinajstić information content (AvgIpc) is 3.16. The van der Waals surface area contributed by atoms with Crippen LogP contribution in [0.5, 0.6) is 0 Å². The van der Waals surface area contributed by atoms with Gasteiger partial charge in [0.15, 0.2) is 0 Å². The third-order valence-electron chi connectivity index (χ3n) is 6.27. The molecule has 5 aromatic carbocycles. The molecule has 6 rings (SSSR count). The maximum absolute atomic E-state index is 9.96. The first kappa shape index (κ1) is 18.1. The Balaban J connectivity index is 1.76. The van der Waals surface area contributed by atoms with E-state index in [1.165, 1.54) is 33.4 Å². The summed E-state index contributed by atoms with van der Waals surface area (Å²) in [6, 6.07) is 35.3. The number of rotatable bonds is 3. The van der Waals surface area contributed by atoms with E-state index in [2.05, 4.69) is 66.7 Å². The summed E-state index contributed by atoms with van der Waals surface area (Å²) in [4.78, 5) is 0. The minimum Gasteiger partial charge on any atom is -0.423 e. The fourth-order valence-corrected chi connectivity index (χ4v) is 4.95. The van der Waals surface area contributed by atoms with E-state index in [1.54, 1.807) is 0 Å². The molecule has 1 aliphatic carbocycles. The van der Waals surface area contributed by atoms with E-state index >= 15 is 0 Å². The summed E-state index contributed by atoms with van der Waals surface area (Å²) in [7, 11) is -1.50. The molecule has 146 valence electrons. The highest BCUT2D eigenvalue weighted by molar-refractivity contribution is 6.62. The molecule has 0 aromatic heterocycles. The molecule has 0 heterocycles. The van der Waals surface area contributed by atoms with Gasteiger partial charge in [0.05, 0.1) is 0 Å². The van der Waals surface area contributed by atoms with Crippen LogP contribution in [0, 0.1) is 0 Å². The molecule has 0 amide bonds. The van der Waals surface area contributed by atoms with Crippen LogP contribution in [0.4, 0.5) is 0 Å². The van der Waals surface area contributed by atoms with E-state index in [-0.39, 0.29) is 0 Å². The predicted molar refractivity (Wildman–Crippen MR) is 129 cm³/mol. The van der Waals surface area contributed by atoms with E-state index in [0.717, 1.165) is 21.9 Å². The van der Waals surface area contributed by atoms with Crippen molar-refractivity contribution in [2.24, 2.45) is 0 Å². The third kappa shape index (κ3) is 2.68. The Bertz CT molecular complexity index is 1370. The van der Waals surface area contributed by atoms with Gasteiger partial charge >= 0.3 is 7.12 Å². The summed E-state index contributed by atoms with van der Waals surface area (Å²) in [6.07, 6.45) is 0. The van der Waals surface area contributed by atoms with Crippen LogP contribution in [-0.2, 0) is 0 Å². The summed E-state index contributed by atoms with van der Waals surface area (Å²) in [5.41, 5.74) is 9.95. The lowest BCUT2D eigenvalue weighted by Crippen LogP contribution is -2.30. The van der Waals surface area contributed by atoms with E-state index in [0.29, 0.717) is 5.46 Å². The zero-order valence-corrected chi connectivity index (χ0v) is 16.8. The molecule has 0 unspecified atom stereocenters. The second kappa shape index (κ2) is 6.95. The Hall–Kier alpha value is -3.66. The lowest BCUT2D eigenvalue weighted by molar-refractivity contribution is 0.426. The van der Waals surface area contributed by atoms with E-state index in [4.69, 9.17) is 0 Å². The Morgan fingerprint density at radius 1 is 0.452 bits per heavy atom. The first-order valence-electron chi connectivity index (χ1n) is 10.4. The molecule has 0 saturated heterocycles. The van der Waals surface area contributed by atoms with Gasteiger partial charge in [-0.15, -0.1) is 0 Å². The predicted octanol–water partition coefficient (Wildman–Crippen LogP) is 5.50. The lowest BCUT2D eigenvalue weighted by atomic mass is 9.76. The Kier molecular flexibility index (Phi) is 4.07. The van der Waals surface area contributed by atoms with Crippen LogP contribution in [0.1, 0.15) is 0 Å². The first-order valence-corrected chi connectivity index (χ1v) is 10.4. The van der Waals surface area contributed by atoms with Gasteiger partial charge < -0.3 is 10.0 Å². The van der Waals surface area contributed by atoms with Crippen molar-refractivity contribution in [2.45, 2.75) is 0 Å². The van der Waals surface area contributed by atoms with Crippen molar-refractivity contribution in [3.05, 3.63) is 103 Å². The van der Waals surface area contributed by atoms with Crippen molar-refractivity contribution in [1.82, 2.24) is 0 Å². The van der Waals surface area contributed by atoms with Crippen LogP contribution in [0.3, 0.4) is 0 Å². The van der Waals surface area contributed by atoms with Crippen molar-refractivity contribution in [3.63, 3.8) is 0 Å². The maximum atomic E-state index is 9.96. The lowest BCUT2D eigenvalue weighted by Gasteiger charge is -2.15. The zero-order chi connectivity index (χ0) is 20.9. The molecule has 0 fully saturated rings. The van der Waals surface area contributed by atoms with Gasteiger partial charge in [0.1, 0.15) is 0 Å². The fraction of sp³-hybridized carbons (Fsp3) is 0. The zero-order valence-electron chi connectivity index (χ0n) is 16.8. The topological polar surface area (TPSA) is 40.5 Å². The summed E-state index contributed by atoms with van der Waals surface area (Å²) >= 11 is 0. The molecule has 0 spiro atoms. The average molecular weight is 398 g/mol. The molecule has 0 saturated carbocycles. The van der Waals surface area contributed by atoms with Gasteiger partial charge in [-0.3, -0.25) is 0 Å². The van der Waals surface area contributed by atoms with Crippen LogP contribution >= 0.6 is 0 Å². The van der Waals surface area contributed by atoms with Gasteiger partial charge in [-0.2, -0.15) is 0 Å². The second-order valence-corrected chi connectivity index (χ2v) is 7.95. The SMILES string of the molecule is OB(O)c1ccc2c3c(cccc13)-c1c(-c3ccccc3)ccc(-c3ccccc3)c1-2. The first-order chi connectivity index (χ1) is 15.2. The molecule has 2 N–H and O–H groups in total. The smallest absolute Gasteiger partial charge is 0.423 e. The highest BCUT2D eigenvalue weighted by Crippen LogP contribution is 2.54. The largest absolute Gasteiger partial charge is 0.489 e.